The minimum Gasteiger partial charge on any atom is -0.351 e. The number of hydrogen-bond acceptors (Lipinski definition) is 6. The number of alkyl halides is 2. The average Bonchev–Trinajstić information content (AvgIpc) is 3.44. The molecule has 1 saturated carbocycles. The van der Waals surface area contributed by atoms with E-state index in [1.165, 1.54) is 41.7 Å². The molecule has 2 aromatic carbocycles. The lowest BCUT2D eigenvalue weighted by molar-refractivity contribution is -0.133. The zero-order valence-electron chi connectivity index (χ0n) is 24.6. The minimum absolute atomic E-state index is 0.0126. The number of aromatic nitrogens is 2. The number of nitriles is 1. The maximum absolute atomic E-state index is 15.5. The van der Waals surface area contributed by atoms with Gasteiger partial charge in [-0.25, -0.2) is 18.2 Å². The van der Waals surface area contributed by atoms with E-state index in [0.29, 0.717) is 20.3 Å². The molecular weight excluding hydrogens is 724 g/mol. The van der Waals surface area contributed by atoms with Crippen LogP contribution in [0.4, 0.5) is 24.7 Å². The van der Waals surface area contributed by atoms with E-state index in [2.05, 4.69) is 15.3 Å². The molecule has 3 amide bonds. The van der Waals surface area contributed by atoms with Crippen molar-refractivity contribution in [3.63, 3.8) is 0 Å². The van der Waals surface area contributed by atoms with Crippen molar-refractivity contribution in [1.29, 1.82) is 5.26 Å². The Balaban J connectivity index is 1.51. The molecule has 3 heterocycles. The lowest BCUT2D eigenvalue weighted by atomic mass is 9.87. The van der Waals surface area contributed by atoms with E-state index < -0.39 is 60.4 Å². The number of halogens is 4. The molecule has 1 unspecified atom stereocenters. The number of nitrogens with one attached hydrogen (secondary N) is 1. The molecule has 6 rings (SSSR count). The predicted octanol–water partition coefficient (Wildman–Crippen LogP) is 5.94. The first-order valence-electron chi connectivity index (χ1n) is 14.7. The molecule has 4 aromatic rings. The molecule has 2 aliphatic rings. The number of anilines is 2. The lowest BCUT2D eigenvalue weighted by Crippen LogP contribution is -2.56. The van der Waals surface area contributed by atoms with E-state index in [1.54, 1.807) is 42.5 Å². The summed E-state index contributed by atoms with van der Waals surface area (Å²) < 4.78 is 43.7. The molecule has 2 atom stereocenters. The highest BCUT2D eigenvalue weighted by molar-refractivity contribution is 14.1. The number of amides is 3. The van der Waals surface area contributed by atoms with Gasteiger partial charge in [0.2, 0.25) is 11.8 Å². The molecule has 47 heavy (non-hydrogen) atoms. The third-order valence-electron chi connectivity index (χ3n) is 8.17. The number of nitrogens with zero attached hydrogens (tertiary/aromatic N) is 5. The van der Waals surface area contributed by atoms with E-state index in [9.17, 15) is 28.4 Å². The Bertz CT molecular complexity index is 1900. The number of carbonyl (C=O) groups excluding carboxylic acids is 3. The molecule has 2 fully saturated rings. The third kappa shape index (κ3) is 6.69. The van der Waals surface area contributed by atoms with Crippen LogP contribution in [-0.4, -0.2) is 45.7 Å². The molecule has 13 heteroatoms. The summed E-state index contributed by atoms with van der Waals surface area (Å²) in [7, 11) is 0. The monoisotopic (exact) mass is 750 g/mol. The maximum Gasteiger partial charge on any atom is 0.252 e. The highest BCUT2D eigenvalue weighted by atomic mass is 127. The summed E-state index contributed by atoms with van der Waals surface area (Å²) in [5.74, 6) is -5.41. The zero-order valence-corrected chi connectivity index (χ0v) is 26.8. The van der Waals surface area contributed by atoms with Crippen LogP contribution in [0.5, 0.6) is 0 Å². The van der Waals surface area contributed by atoms with Gasteiger partial charge in [0, 0.05) is 53.2 Å². The van der Waals surface area contributed by atoms with Crippen LogP contribution in [0.2, 0.25) is 0 Å². The highest BCUT2D eigenvalue weighted by Crippen LogP contribution is 2.40. The van der Waals surface area contributed by atoms with Crippen molar-refractivity contribution in [2.45, 2.75) is 49.7 Å². The zero-order chi connectivity index (χ0) is 33.3. The smallest absolute Gasteiger partial charge is 0.252 e. The van der Waals surface area contributed by atoms with Crippen LogP contribution in [0.25, 0.3) is 11.1 Å². The second-order valence-electron chi connectivity index (χ2n) is 11.4. The van der Waals surface area contributed by atoms with E-state index in [-0.39, 0.29) is 29.9 Å². The van der Waals surface area contributed by atoms with Crippen LogP contribution in [0.1, 0.15) is 42.9 Å². The summed E-state index contributed by atoms with van der Waals surface area (Å²) in [5, 5.41) is 12.1. The molecule has 0 radical (unpaired) electrons. The van der Waals surface area contributed by atoms with Gasteiger partial charge in [0.25, 0.3) is 11.8 Å². The van der Waals surface area contributed by atoms with Crippen LogP contribution >= 0.6 is 22.6 Å². The summed E-state index contributed by atoms with van der Waals surface area (Å²) in [6, 6.07) is 15.5. The van der Waals surface area contributed by atoms with Gasteiger partial charge < -0.3 is 5.32 Å². The van der Waals surface area contributed by atoms with Gasteiger partial charge in [-0.2, -0.15) is 5.26 Å². The van der Waals surface area contributed by atoms with E-state index in [0.717, 1.165) is 11.0 Å². The van der Waals surface area contributed by atoms with Gasteiger partial charge in [-0.3, -0.25) is 29.2 Å². The van der Waals surface area contributed by atoms with Gasteiger partial charge in [0.05, 0.1) is 11.6 Å². The summed E-state index contributed by atoms with van der Waals surface area (Å²) in [6.07, 6.45) is 3.34. The first-order chi connectivity index (χ1) is 22.5. The van der Waals surface area contributed by atoms with Crippen molar-refractivity contribution in [3.05, 3.63) is 106 Å². The molecule has 2 aromatic heterocycles. The van der Waals surface area contributed by atoms with Gasteiger partial charge in [0.15, 0.2) is 0 Å². The Morgan fingerprint density at radius 2 is 1.79 bits per heavy atom. The number of rotatable bonds is 8. The Morgan fingerprint density at radius 3 is 2.49 bits per heavy atom. The summed E-state index contributed by atoms with van der Waals surface area (Å²) in [6.45, 7) is 0. The van der Waals surface area contributed by atoms with Crippen LogP contribution < -0.4 is 15.1 Å². The SMILES string of the molecule is N#Cc1ccnc(N2C(=O)CC[C@H]2C(=O)N(c2cc(F)cc(-c3ccncc3)c2)C(C(=O)NC2CC(F)(F)C2)c2ccccc2I)c1. The van der Waals surface area contributed by atoms with Crippen LogP contribution in [0, 0.1) is 20.7 Å². The van der Waals surface area contributed by atoms with Gasteiger partial charge in [-0.1, -0.05) is 18.2 Å². The van der Waals surface area contributed by atoms with Crippen molar-refractivity contribution >= 4 is 51.8 Å². The standard InChI is InChI=1S/C34H26F3IN6O3/c35-23-14-22(21-8-10-40-11-9-21)15-25(16-23)43(33(47)28-5-6-30(45)44(28)29-13-20(19-39)7-12-41-29)31(26-3-1-2-4-27(26)38)32(46)42-24-17-34(36,37)18-24/h1-4,7-16,24,28,31H,5-6,17-18H2,(H,42,46)/t28-,31?/m0/s1. The molecule has 238 valence electrons. The van der Waals surface area contributed by atoms with Gasteiger partial charge in [0.1, 0.15) is 23.7 Å². The summed E-state index contributed by atoms with van der Waals surface area (Å²) in [4.78, 5) is 52.9. The molecular formula is C34H26F3IN6O3. The number of benzene rings is 2. The molecule has 1 aliphatic carbocycles. The van der Waals surface area contributed by atoms with Crippen molar-refractivity contribution in [1.82, 2.24) is 15.3 Å². The molecule has 1 saturated heterocycles. The Labute approximate surface area is 281 Å². The third-order valence-corrected chi connectivity index (χ3v) is 9.16. The Hall–Kier alpha value is -4.84. The minimum atomic E-state index is -2.91. The molecule has 0 spiro atoms. The van der Waals surface area contributed by atoms with Crippen LogP contribution in [0.3, 0.4) is 0 Å². The number of hydrogen-bond donors (Lipinski definition) is 1. The van der Waals surface area contributed by atoms with E-state index >= 15 is 4.39 Å². The van der Waals surface area contributed by atoms with Crippen molar-refractivity contribution in [2.75, 3.05) is 9.80 Å². The number of pyridine rings is 2. The van der Waals surface area contributed by atoms with Gasteiger partial charge in [-0.15, -0.1) is 0 Å². The van der Waals surface area contributed by atoms with E-state index in [4.69, 9.17) is 0 Å². The topological polar surface area (TPSA) is 119 Å². The summed E-state index contributed by atoms with van der Waals surface area (Å²) in [5.41, 5.74) is 1.59. The largest absolute Gasteiger partial charge is 0.351 e. The Morgan fingerprint density at radius 1 is 1.04 bits per heavy atom. The second-order valence-corrected chi connectivity index (χ2v) is 12.5. The molecule has 1 aliphatic heterocycles. The number of carbonyl (C=O) groups is 3. The average molecular weight is 751 g/mol. The highest BCUT2D eigenvalue weighted by Gasteiger charge is 2.48. The van der Waals surface area contributed by atoms with Gasteiger partial charge in [-0.05, 0) is 94.2 Å². The van der Waals surface area contributed by atoms with Crippen LogP contribution in [0.15, 0.2) is 85.3 Å². The van der Waals surface area contributed by atoms with Gasteiger partial charge >= 0.3 is 0 Å². The molecule has 1 N–H and O–H groups in total. The van der Waals surface area contributed by atoms with Crippen molar-refractivity contribution in [3.8, 4) is 17.2 Å². The van der Waals surface area contributed by atoms with E-state index in [1.807, 2.05) is 28.7 Å². The quantitative estimate of drug-likeness (QED) is 0.223. The lowest BCUT2D eigenvalue weighted by Gasteiger charge is -2.39. The normalized spacial score (nSPS) is 17.8. The second kappa shape index (κ2) is 13.1. The molecule has 0 bridgehead atoms. The maximum atomic E-state index is 15.5. The predicted molar refractivity (Wildman–Crippen MR) is 175 cm³/mol. The van der Waals surface area contributed by atoms with Crippen molar-refractivity contribution in [2.24, 2.45) is 0 Å². The fraction of sp³-hybridized carbons (Fsp3) is 0.235. The summed E-state index contributed by atoms with van der Waals surface area (Å²) >= 11 is 2.02. The Kier molecular flexibility index (Phi) is 8.96. The van der Waals surface area contributed by atoms with Crippen molar-refractivity contribution < 1.29 is 27.6 Å². The first-order valence-corrected chi connectivity index (χ1v) is 15.8. The van der Waals surface area contributed by atoms with Crippen LogP contribution in [-0.2, 0) is 14.4 Å². The fourth-order valence-corrected chi connectivity index (χ4v) is 6.63. The first kappa shape index (κ1) is 32.1. The fourth-order valence-electron chi connectivity index (χ4n) is 5.95. The molecule has 9 nitrogen and oxygen atoms in total.